The molecule has 0 bridgehead atoms. The molecule has 3 rings (SSSR count). The molecule has 9 heteroatoms. The number of amides is 2. The third kappa shape index (κ3) is 5.61. The lowest BCUT2D eigenvalue weighted by Gasteiger charge is -2.39. The maximum atomic E-state index is 12.9. The van der Waals surface area contributed by atoms with E-state index in [1.807, 2.05) is 47.9 Å². The van der Waals surface area contributed by atoms with Crippen LogP contribution in [-0.4, -0.2) is 72.4 Å². The van der Waals surface area contributed by atoms with E-state index in [0.29, 0.717) is 37.6 Å². The molecule has 170 valence electrons. The van der Waals surface area contributed by atoms with Gasteiger partial charge in [-0.3, -0.25) is 24.6 Å². The Labute approximate surface area is 187 Å². The largest absolute Gasteiger partial charge is 0.363 e. The number of carbonyl (C=O) groups excluding carboxylic acids is 2. The molecule has 1 fully saturated rings. The van der Waals surface area contributed by atoms with Crippen LogP contribution in [0.2, 0.25) is 0 Å². The molecule has 0 radical (unpaired) electrons. The Morgan fingerprint density at radius 2 is 1.72 bits per heavy atom. The summed E-state index contributed by atoms with van der Waals surface area (Å²) in [5.74, 6) is -0.388. The van der Waals surface area contributed by atoms with Crippen molar-refractivity contribution in [2.75, 3.05) is 50.0 Å². The number of benzene rings is 2. The minimum Gasteiger partial charge on any atom is -0.363 e. The number of anilines is 2. The van der Waals surface area contributed by atoms with Crippen molar-refractivity contribution < 1.29 is 14.5 Å². The van der Waals surface area contributed by atoms with Crippen molar-refractivity contribution in [3.63, 3.8) is 0 Å². The summed E-state index contributed by atoms with van der Waals surface area (Å²) in [5.41, 5.74) is 2.48. The molecule has 1 aliphatic rings. The normalized spacial score (nSPS) is 15.2. The summed E-state index contributed by atoms with van der Waals surface area (Å²) in [7, 11) is 1.62. The summed E-state index contributed by atoms with van der Waals surface area (Å²) in [6.07, 6.45) is 0. The molecule has 1 aliphatic heterocycles. The van der Waals surface area contributed by atoms with E-state index in [4.69, 9.17) is 0 Å². The summed E-state index contributed by atoms with van der Waals surface area (Å²) in [4.78, 5) is 41.6. The van der Waals surface area contributed by atoms with Crippen LogP contribution < -0.4 is 10.2 Å². The standard InChI is InChI=1S/C23H29N5O4/c1-17-8-10-19(11-9-17)24-22(29)16-25(3)23(30)18(2)26-12-14-27(15-13-26)20-6-4-5-7-21(20)28(31)32/h4-11,18H,12-16H2,1-3H3,(H,24,29). The Kier molecular flexibility index (Phi) is 7.42. The van der Waals surface area contributed by atoms with Gasteiger partial charge in [-0.2, -0.15) is 0 Å². The number of nitrogens with one attached hydrogen (secondary N) is 1. The van der Waals surface area contributed by atoms with Crippen LogP contribution >= 0.6 is 0 Å². The second-order valence-corrected chi connectivity index (χ2v) is 8.05. The van der Waals surface area contributed by atoms with Gasteiger partial charge in [-0.15, -0.1) is 0 Å². The number of para-hydroxylation sites is 2. The van der Waals surface area contributed by atoms with Crippen molar-refractivity contribution in [3.8, 4) is 0 Å². The molecule has 1 saturated heterocycles. The van der Waals surface area contributed by atoms with Gasteiger partial charge >= 0.3 is 0 Å². The molecule has 1 heterocycles. The molecule has 0 saturated carbocycles. The molecular formula is C23H29N5O4. The summed E-state index contributed by atoms with van der Waals surface area (Å²) >= 11 is 0. The molecule has 1 N–H and O–H groups in total. The van der Waals surface area contributed by atoms with E-state index in [1.165, 1.54) is 11.0 Å². The van der Waals surface area contributed by atoms with Crippen molar-refractivity contribution in [3.05, 3.63) is 64.2 Å². The molecule has 9 nitrogen and oxygen atoms in total. The summed E-state index contributed by atoms with van der Waals surface area (Å²) in [6.45, 7) is 6.13. The Morgan fingerprint density at radius 3 is 2.34 bits per heavy atom. The zero-order valence-corrected chi connectivity index (χ0v) is 18.7. The fraction of sp³-hybridized carbons (Fsp3) is 0.391. The smallest absolute Gasteiger partial charge is 0.292 e. The van der Waals surface area contributed by atoms with E-state index >= 15 is 0 Å². The SMILES string of the molecule is Cc1ccc(NC(=O)CN(C)C(=O)C(C)N2CCN(c3ccccc3[N+](=O)[O-])CC2)cc1. The lowest BCUT2D eigenvalue weighted by atomic mass is 10.1. The van der Waals surface area contributed by atoms with Crippen LogP contribution in [-0.2, 0) is 9.59 Å². The number of carbonyl (C=O) groups is 2. The van der Waals surface area contributed by atoms with Gasteiger partial charge < -0.3 is 15.1 Å². The van der Waals surface area contributed by atoms with Gasteiger partial charge in [0.2, 0.25) is 11.8 Å². The monoisotopic (exact) mass is 439 g/mol. The molecule has 0 aliphatic carbocycles. The number of nitro benzene ring substituents is 1. The second-order valence-electron chi connectivity index (χ2n) is 8.05. The van der Waals surface area contributed by atoms with Crippen LogP contribution in [0, 0.1) is 17.0 Å². The van der Waals surface area contributed by atoms with Crippen LogP contribution in [0.1, 0.15) is 12.5 Å². The van der Waals surface area contributed by atoms with E-state index in [-0.39, 0.29) is 35.0 Å². The van der Waals surface area contributed by atoms with Crippen LogP contribution in [0.5, 0.6) is 0 Å². The fourth-order valence-electron chi connectivity index (χ4n) is 3.84. The molecule has 0 aromatic heterocycles. The number of rotatable bonds is 7. The molecule has 2 aromatic carbocycles. The molecule has 32 heavy (non-hydrogen) atoms. The van der Waals surface area contributed by atoms with Crippen LogP contribution in [0.3, 0.4) is 0 Å². The van der Waals surface area contributed by atoms with Gasteiger partial charge in [0.1, 0.15) is 5.69 Å². The maximum absolute atomic E-state index is 12.9. The average Bonchev–Trinajstić information content (AvgIpc) is 2.79. The molecule has 0 spiro atoms. The number of likely N-dealkylation sites (N-methyl/N-ethyl adjacent to an activating group) is 1. The second kappa shape index (κ2) is 10.2. The van der Waals surface area contributed by atoms with E-state index in [9.17, 15) is 19.7 Å². The first-order valence-corrected chi connectivity index (χ1v) is 10.6. The van der Waals surface area contributed by atoms with Crippen LogP contribution in [0.15, 0.2) is 48.5 Å². The Hall–Kier alpha value is -3.46. The third-order valence-electron chi connectivity index (χ3n) is 5.73. The lowest BCUT2D eigenvalue weighted by Crippen LogP contribution is -2.54. The van der Waals surface area contributed by atoms with Gasteiger partial charge in [-0.25, -0.2) is 0 Å². The molecule has 2 aromatic rings. The Bertz CT molecular complexity index is 971. The summed E-state index contributed by atoms with van der Waals surface area (Å²) in [6, 6.07) is 13.8. The third-order valence-corrected chi connectivity index (χ3v) is 5.73. The van der Waals surface area contributed by atoms with Crippen molar-refractivity contribution in [1.82, 2.24) is 9.80 Å². The predicted octanol–water partition coefficient (Wildman–Crippen LogP) is 2.51. The Balaban J connectivity index is 1.52. The highest BCUT2D eigenvalue weighted by Crippen LogP contribution is 2.28. The first-order chi connectivity index (χ1) is 15.3. The summed E-state index contributed by atoms with van der Waals surface area (Å²) < 4.78 is 0. The van der Waals surface area contributed by atoms with E-state index in [2.05, 4.69) is 5.32 Å². The fourth-order valence-corrected chi connectivity index (χ4v) is 3.84. The molecule has 2 amide bonds. The minimum absolute atomic E-state index is 0.0345. The quantitative estimate of drug-likeness (QED) is 0.526. The van der Waals surface area contributed by atoms with Crippen molar-refractivity contribution >= 4 is 28.9 Å². The highest BCUT2D eigenvalue weighted by molar-refractivity contribution is 5.95. The van der Waals surface area contributed by atoms with Gasteiger partial charge in [0.15, 0.2) is 0 Å². The Morgan fingerprint density at radius 1 is 1.09 bits per heavy atom. The maximum Gasteiger partial charge on any atom is 0.292 e. The van der Waals surface area contributed by atoms with Gasteiger partial charge in [0.05, 0.1) is 17.5 Å². The molecular weight excluding hydrogens is 410 g/mol. The van der Waals surface area contributed by atoms with E-state index in [0.717, 1.165) is 5.56 Å². The van der Waals surface area contributed by atoms with Crippen molar-refractivity contribution in [1.29, 1.82) is 0 Å². The summed E-state index contributed by atoms with van der Waals surface area (Å²) in [5, 5.41) is 14.1. The topological polar surface area (TPSA) is 99.0 Å². The van der Waals surface area contributed by atoms with Crippen molar-refractivity contribution in [2.24, 2.45) is 0 Å². The first-order valence-electron chi connectivity index (χ1n) is 10.6. The lowest BCUT2D eigenvalue weighted by molar-refractivity contribution is -0.384. The van der Waals surface area contributed by atoms with Gasteiger partial charge in [-0.05, 0) is 32.0 Å². The van der Waals surface area contributed by atoms with E-state index in [1.54, 1.807) is 25.2 Å². The molecule has 1 atom stereocenters. The van der Waals surface area contributed by atoms with E-state index < -0.39 is 0 Å². The zero-order valence-electron chi connectivity index (χ0n) is 18.7. The average molecular weight is 440 g/mol. The number of aryl methyl sites for hydroxylation is 1. The highest BCUT2D eigenvalue weighted by atomic mass is 16.6. The van der Waals surface area contributed by atoms with Gasteiger partial charge in [-0.1, -0.05) is 29.8 Å². The van der Waals surface area contributed by atoms with Crippen LogP contribution in [0.4, 0.5) is 17.1 Å². The zero-order chi connectivity index (χ0) is 23.3. The number of hydrogen-bond acceptors (Lipinski definition) is 6. The minimum atomic E-state index is -0.389. The van der Waals surface area contributed by atoms with Gasteiger partial charge in [0, 0.05) is 45.0 Å². The molecule has 1 unspecified atom stereocenters. The highest BCUT2D eigenvalue weighted by Gasteiger charge is 2.30. The number of hydrogen-bond donors (Lipinski definition) is 1. The number of nitrogens with zero attached hydrogens (tertiary/aromatic N) is 4. The van der Waals surface area contributed by atoms with Gasteiger partial charge in [0.25, 0.3) is 5.69 Å². The van der Waals surface area contributed by atoms with Crippen molar-refractivity contribution in [2.45, 2.75) is 19.9 Å². The van der Waals surface area contributed by atoms with Crippen LogP contribution in [0.25, 0.3) is 0 Å². The number of nitro groups is 1. The predicted molar refractivity (Wildman–Crippen MR) is 124 cm³/mol. The first kappa shape index (κ1) is 23.2. The number of piperazine rings is 1.